The molecule has 0 spiro atoms. The monoisotopic (exact) mass is 366 g/mol. The van der Waals surface area contributed by atoms with Crippen molar-refractivity contribution in [2.45, 2.75) is 10.8 Å². The van der Waals surface area contributed by atoms with E-state index in [0.29, 0.717) is 17.9 Å². The Kier molecular flexibility index (Phi) is 6.13. The van der Waals surface area contributed by atoms with Gasteiger partial charge in [0.2, 0.25) is 10.0 Å². The minimum atomic E-state index is -3.45. The van der Waals surface area contributed by atoms with Crippen molar-refractivity contribution in [3.8, 4) is 5.75 Å². The van der Waals surface area contributed by atoms with Crippen LogP contribution in [0.2, 0.25) is 0 Å². The Morgan fingerprint density at radius 2 is 1.96 bits per heavy atom. The lowest BCUT2D eigenvalue weighted by Crippen LogP contribution is -2.22. The van der Waals surface area contributed by atoms with Gasteiger partial charge in [-0.2, -0.15) is 0 Å². The average Bonchev–Trinajstić information content (AvgIpc) is 3.08. The van der Waals surface area contributed by atoms with E-state index in [1.54, 1.807) is 36.4 Å². The van der Waals surface area contributed by atoms with E-state index in [9.17, 15) is 13.2 Å². The maximum Gasteiger partial charge on any atom is 0.251 e. The number of hydrogen-bond acceptors (Lipinski definition) is 5. The van der Waals surface area contributed by atoms with Gasteiger partial charge in [0, 0.05) is 10.4 Å². The minimum absolute atomic E-state index is 0.220. The summed E-state index contributed by atoms with van der Waals surface area (Å²) in [4.78, 5) is 12.9. The summed E-state index contributed by atoms with van der Waals surface area (Å²) in [6.07, 6.45) is 1.64. The molecule has 8 heteroatoms. The molecule has 0 saturated heterocycles. The molecular formula is C16H18N2O4S2. The van der Waals surface area contributed by atoms with Crippen LogP contribution in [0.4, 0.5) is 0 Å². The number of thiophene rings is 1. The van der Waals surface area contributed by atoms with Crippen LogP contribution in [0.5, 0.6) is 5.75 Å². The molecule has 0 atom stereocenters. The molecule has 2 aromatic rings. The van der Waals surface area contributed by atoms with Gasteiger partial charge in [-0.05, 0) is 43.4 Å². The van der Waals surface area contributed by atoms with Crippen LogP contribution in [-0.2, 0) is 16.6 Å². The molecule has 0 radical (unpaired) electrons. The first-order valence-corrected chi connectivity index (χ1v) is 9.40. The van der Waals surface area contributed by atoms with Gasteiger partial charge in [-0.1, -0.05) is 12.7 Å². The van der Waals surface area contributed by atoms with E-state index >= 15 is 0 Å². The summed E-state index contributed by atoms with van der Waals surface area (Å²) in [5.41, 5.74) is 0.501. The van der Waals surface area contributed by atoms with Crippen LogP contribution >= 0.6 is 11.3 Å². The number of sulfonamides is 1. The quantitative estimate of drug-likeness (QED) is 0.701. The first-order valence-electron chi connectivity index (χ1n) is 7.10. The number of benzene rings is 1. The lowest BCUT2D eigenvalue weighted by molar-refractivity contribution is 0.0951. The SMILES string of the molecule is C=CCOc1ccc(C(=O)NCc2ccc(S(=O)(=O)NC)s2)cc1. The molecule has 0 aliphatic heterocycles. The van der Waals surface area contributed by atoms with Crippen molar-refractivity contribution in [1.29, 1.82) is 0 Å². The average molecular weight is 366 g/mol. The summed E-state index contributed by atoms with van der Waals surface area (Å²) in [5, 5.41) is 2.76. The van der Waals surface area contributed by atoms with E-state index in [1.807, 2.05) is 0 Å². The largest absolute Gasteiger partial charge is 0.490 e. The normalized spacial score (nSPS) is 11.0. The summed E-state index contributed by atoms with van der Waals surface area (Å²) < 4.78 is 31.2. The van der Waals surface area contributed by atoms with Crippen molar-refractivity contribution < 1.29 is 17.9 Å². The Morgan fingerprint density at radius 3 is 2.58 bits per heavy atom. The van der Waals surface area contributed by atoms with E-state index in [-0.39, 0.29) is 16.7 Å². The summed E-state index contributed by atoms with van der Waals surface area (Å²) in [5.74, 6) is 0.420. The summed E-state index contributed by atoms with van der Waals surface area (Å²) in [6.45, 7) is 4.23. The number of hydrogen-bond donors (Lipinski definition) is 2. The molecule has 0 fully saturated rings. The van der Waals surface area contributed by atoms with Crippen LogP contribution in [0.15, 0.2) is 53.3 Å². The molecule has 0 aliphatic rings. The Balaban J connectivity index is 1.94. The number of ether oxygens (including phenoxy) is 1. The van der Waals surface area contributed by atoms with E-state index < -0.39 is 10.0 Å². The third-order valence-corrected chi connectivity index (χ3v) is 6.07. The molecule has 24 heavy (non-hydrogen) atoms. The van der Waals surface area contributed by atoms with E-state index in [1.165, 1.54) is 13.1 Å². The molecule has 0 saturated carbocycles. The van der Waals surface area contributed by atoms with Crippen molar-refractivity contribution in [2.75, 3.05) is 13.7 Å². The Hall–Kier alpha value is -2.16. The second-order valence-corrected chi connectivity index (χ2v) is 8.02. The van der Waals surface area contributed by atoms with Gasteiger partial charge in [-0.25, -0.2) is 13.1 Å². The molecule has 0 unspecified atom stereocenters. The molecule has 1 amide bonds. The molecule has 6 nitrogen and oxygen atoms in total. The maximum absolute atomic E-state index is 12.1. The highest BCUT2D eigenvalue weighted by atomic mass is 32.2. The van der Waals surface area contributed by atoms with Crippen molar-refractivity contribution >= 4 is 27.3 Å². The topological polar surface area (TPSA) is 84.5 Å². The molecule has 2 rings (SSSR count). The van der Waals surface area contributed by atoms with Gasteiger partial charge < -0.3 is 10.1 Å². The fraction of sp³-hybridized carbons (Fsp3) is 0.188. The molecule has 1 aromatic carbocycles. The Labute approximate surface area is 145 Å². The highest BCUT2D eigenvalue weighted by Gasteiger charge is 2.14. The second-order valence-electron chi connectivity index (χ2n) is 4.74. The van der Waals surface area contributed by atoms with Crippen molar-refractivity contribution in [1.82, 2.24) is 10.0 Å². The summed E-state index contributed by atoms with van der Waals surface area (Å²) in [6, 6.07) is 9.95. The predicted molar refractivity (Wildman–Crippen MR) is 93.9 cm³/mol. The fourth-order valence-electron chi connectivity index (χ4n) is 1.83. The number of carbonyl (C=O) groups excluding carboxylic acids is 1. The molecule has 1 heterocycles. The van der Waals surface area contributed by atoms with Crippen molar-refractivity contribution in [3.05, 3.63) is 59.5 Å². The molecule has 0 aliphatic carbocycles. The number of amides is 1. The molecular weight excluding hydrogens is 348 g/mol. The van der Waals surface area contributed by atoms with Crippen LogP contribution < -0.4 is 14.8 Å². The van der Waals surface area contributed by atoms with Gasteiger partial charge in [0.15, 0.2) is 0 Å². The molecule has 2 N–H and O–H groups in total. The molecule has 128 valence electrons. The maximum atomic E-state index is 12.1. The lowest BCUT2D eigenvalue weighted by Gasteiger charge is -2.06. The van der Waals surface area contributed by atoms with Crippen LogP contribution in [-0.4, -0.2) is 28.0 Å². The second kappa shape index (κ2) is 8.09. The molecule has 1 aromatic heterocycles. The van der Waals surface area contributed by atoms with Gasteiger partial charge in [-0.15, -0.1) is 11.3 Å². The van der Waals surface area contributed by atoms with Crippen LogP contribution in [0.1, 0.15) is 15.2 Å². The third kappa shape index (κ3) is 4.67. The fourth-order valence-corrected chi connectivity index (χ4v) is 3.96. The van der Waals surface area contributed by atoms with Gasteiger partial charge in [0.25, 0.3) is 5.91 Å². The zero-order valence-corrected chi connectivity index (χ0v) is 14.7. The summed E-state index contributed by atoms with van der Waals surface area (Å²) in [7, 11) is -2.09. The minimum Gasteiger partial charge on any atom is -0.490 e. The third-order valence-electron chi connectivity index (χ3n) is 3.08. The lowest BCUT2D eigenvalue weighted by atomic mass is 10.2. The van der Waals surface area contributed by atoms with Crippen LogP contribution in [0, 0.1) is 0 Å². The zero-order valence-electron chi connectivity index (χ0n) is 13.1. The standard InChI is InChI=1S/C16H18N2O4S2/c1-3-10-22-13-6-4-12(5-7-13)16(19)18-11-14-8-9-15(23-14)24(20,21)17-2/h3-9,17H,1,10-11H2,2H3,(H,18,19). The highest BCUT2D eigenvalue weighted by Crippen LogP contribution is 2.21. The van der Waals surface area contributed by atoms with Gasteiger partial charge in [0.1, 0.15) is 16.6 Å². The molecule has 0 bridgehead atoms. The van der Waals surface area contributed by atoms with Gasteiger partial charge in [0.05, 0.1) is 6.54 Å². The van der Waals surface area contributed by atoms with Crippen LogP contribution in [0.25, 0.3) is 0 Å². The van der Waals surface area contributed by atoms with Crippen molar-refractivity contribution in [3.63, 3.8) is 0 Å². The first kappa shape index (κ1) is 18.2. The van der Waals surface area contributed by atoms with E-state index in [0.717, 1.165) is 16.2 Å². The number of nitrogens with one attached hydrogen (secondary N) is 2. The van der Waals surface area contributed by atoms with Gasteiger partial charge >= 0.3 is 0 Å². The van der Waals surface area contributed by atoms with Gasteiger partial charge in [-0.3, -0.25) is 4.79 Å². The highest BCUT2D eigenvalue weighted by molar-refractivity contribution is 7.91. The first-order chi connectivity index (χ1) is 11.5. The predicted octanol–water partition coefficient (Wildman–Crippen LogP) is 2.15. The Bertz CT molecular complexity index is 811. The number of carbonyl (C=O) groups is 1. The smallest absolute Gasteiger partial charge is 0.251 e. The van der Waals surface area contributed by atoms with E-state index in [2.05, 4.69) is 16.6 Å². The van der Waals surface area contributed by atoms with E-state index in [4.69, 9.17) is 4.74 Å². The van der Waals surface area contributed by atoms with Crippen molar-refractivity contribution in [2.24, 2.45) is 0 Å². The van der Waals surface area contributed by atoms with Crippen LogP contribution in [0.3, 0.4) is 0 Å². The Morgan fingerprint density at radius 1 is 1.25 bits per heavy atom. The number of rotatable bonds is 8. The zero-order chi connectivity index (χ0) is 17.6. The summed E-state index contributed by atoms with van der Waals surface area (Å²) >= 11 is 1.12.